The molecule has 0 atom stereocenters. The van der Waals surface area contributed by atoms with Crippen LogP contribution in [0.3, 0.4) is 0 Å². The highest BCUT2D eigenvalue weighted by Gasteiger charge is 2.29. The van der Waals surface area contributed by atoms with E-state index < -0.39 is 5.60 Å². The molecule has 1 saturated heterocycles. The van der Waals surface area contributed by atoms with E-state index >= 15 is 0 Å². The zero-order valence-corrected chi connectivity index (χ0v) is 12.5. The molecule has 1 aliphatic rings. The Kier molecular flexibility index (Phi) is 5.95. The second kappa shape index (κ2) is 7.95. The quantitative estimate of drug-likeness (QED) is 0.549. The zero-order chi connectivity index (χ0) is 15.0. The van der Waals surface area contributed by atoms with Crippen LogP contribution in [-0.2, 0) is 11.3 Å². The van der Waals surface area contributed by atoms with E-state index in [0.29, 0.717) is 45.1 Å². The smallest absolute Gasteiger partial charge is 0.191 e. The third-order valence-electron chi connectivity index (χ3n) is 3.48. The molecule has 0 aliphatic carbocycles. The van der Waals surface area contributed by atoms with Crippen LogP contribution in [0, 0.1) is 0 Å². The summed E-state index contributed by atoms with van der Waals surface area (Å²) in [5.74, 6) is 0.697. The summed E-state index contributed by atoms with van der Waals surface area (Å²) < 4.78 is 5.28. The lowest BCUT2D eigenvalue weighted by molar-refractivity contribution is -0.0594. The first-order chi connectivity index (χ1) is 10.2. The van der Waals surface area contributed by atoms with Crippen molar-refractivity contribution in [3.63, 3.8) is 0 Å². The van der Waals surface area contributed by atoms with Crippen LogP contribution >= 0.6 is 0 Å². The first kappa shape index (κ1) is 15.7. The topological polar surface area (TPSA) is 78.8 Å². The van der Waals surface area contributed by atoms with Gasteiger partial charge in [0, 0.05) is 45.3 Å². The Morgan fingerprint density at radius 3 is 2.86 bits per heavy atom. The minimum atomic E-state index is -0.709. The van der Waals surface area contributed by atoms with Gasteiger partial charge in [-0.3, -0.25) is 4.98 Å². The molecule has 0 saturated carbocycles. The van der Waals surface area contributed by atoms with E-state index in [2.05, 4.69) is 20.6 Å². The SMILES string of the molecule is CCNC(=NCc1ccccn1)NCC1(O)CCOCC1. The van der Waals surface area contributed by atoms with E-state index in [9.17, 15) is 5.11 Å². The summed E-state index contributed by atoms with van der Waals surface area (Å²) in [4.78, 5) is 8.73. The molecule has 1 aliphatic heterocycles. The first-order valence-corrected chi connectivity index (χ1v) is 7.44. The van der Waals surface area contributed by atoms with Gasteiger partial charge in [0.2, 0.25) is 0 Å². The van der Waals surface area contributed by atoms with Gasteiger partial charge in [0.05, 0.1) is 17.8 Å². The molecule has 3 N–H and O–H groups in total. The summed E-state index contributed by atoms with van der Waals surface area (Å²) in [5.41, 5.74) is 0.207. The molecule has 2 heterocycles. The number of ether oxygens (including phenoxy) is 1. The zero-order valence-electron chi connectivity index (χ0n) is 12.5. The Morgan fingerprint density at radius 1 is 1.38 bits per heavy atom. The largest absolute Gasteiger partial charge is 0.388 e. The third kappa shape index (κ3) is 5.32. The predicted molar refractivity (Wildman–Crippen MR) is 82.1 cm³/mol. The highest BCUT2D eigenvalue weighted by Crippen LogP contribution is 2.19. The van der Waals surface area contributed by atoms with Crippen molar-refractivity contribution in [2.45, 2.75) is 31.9 Å². The molecular weight excluding hydrogens is 268 g/mol. The Bertz CT molecular complexity index is 444. The molecule has 1 fully saturated rings. The number of aliphatic imine (C=N–C) groups is 1. The van der Waals surface area contributed by atoms with Gasteiger partial charge in [0.1, 0.15) is 0 Å². The summed E-state index contributed by atoms with van der Waals surface area (Å²) >= 11 is 0. The Balaban J connectivity index is 1.89. The van der Waals surface area contributed by atoms with Crippen LogP contribution in [0.25, 0.3) is 0 Å². The molecule has 21 heavy (non-hydrogen) atoms. The number of rotatable bonds is 5. The van der Waals surface area contributed by atoms with Crippen molar-refractivity contribution in [1.82, 2.24) is 15.6 Å². The molecule has 6 heteroatoms. The number of aliphatic hydroxyl groups is 1. The van der Waals surface area contributed by atoms with Crippen molar-refractivity contribution < 1.29 is 9.84 Å². The molecule has 2 rings (SSSR count). The van der Waals surface area contributed by atoms with Crippen LogP contribution in [0.4, 0.5) is 0 Å². The van der Waals surface area contributed by atoms with Crippen LogP contribution in [0.5, 0.6) is 0 Å². The first-order valence-electron chi connectivity index (χ1n) is 7.44. The van der Waals surface area contributed by atoms with Gasteiger partial charge in [-0.2, -0.15) is 0 Å². The fourth-order valence-electron chi connectivity index (χ4n) is 2.17. The summed E-state index contributed by atoms with van der Waals surface area (Å²) in [6, 6.07) is 5.78. The van der Waals surface area contributed by atoms with Gasteiger partial charge in [-0.25, -0.2) is 4.99 Å². The van der Waals surface area contributed by atoms with Crippen molar-refractivity contribution in [2.24, 2.45) is 4.99 Å². The number of pyridine rings is 1. The lowest BCUT2D eigenvalue weighted by Crippen LogP contribution is -2.49. The maximum atomic E-state index is 10.4. The number of aromatic nitrogens is 1. The van der Waals surface area contributed by atoms with Gasteiger partial charge in [0.15, 0.2) is 5.96 Å². The van der Waals surface area contributed by atoms with Crippen molar-refractivity contribution in [3.05, 3.63) is 30.1 Å². The van der Waals surface area contributed by atoms with Crippen LogP contribution in [-0.4, -0.2) is 48.0 Å². The highest BCUT2D eigenvalue weighted by molar-refractivity contribution is 5.79. The Labute approximate surface area is 125 Å². The highest BCUT2D eigenvalue weighted by atomic mass is 16.5. The third-order valence-corrected chi connectivity index (χ3v) is 3.48. The fraction of sp³-hybridized carbons (Fsp3) is 0.600. The minimum absolute atomic E-state index is 0.477. The summed E-state index contributed by atoms with van der Waals surface area (Å²) in [7, 11) is 0. The Morgan fingerprint density at radius 2 is 2.19 bits per heavy atom. The molecule has 0 spiro atoms. The van der Waals surface area contributed by atoms with Gasteiger partial charge in [-0.1, -0.05) is 6.07 Å². The molecule has 0 unspecified atom stereocenters. The van der Waals surface area contributed by atoms with Gasteiger partial charge in [-0.05, 0) is 19.1 Å². The number of nitrogens with zero attached hydrogens (tertiary/aromatic N) is 2. The van der Waals surface area contributed by atoms with E-state index in [-0.39, 0.29) is 0 Å². The number of hydrogen-bond donors (Lipinski definition) is 3. The van der Waals surface area contributed by atoms with E-state index in [4.69, 9.17) is 4.74 Å². The summed E-state index contributed by atoms with van der Waals surface area (Å²) in [6.07, 6.45) is 3.06. The monoisotopic (exact) mass is 292 g/mol. The van der Waals surface area contributed by atoms with E-state index in [1.54, 1.807) is 6.20 Å². The molecular formula is C15H24N4O2. The average Bonchev–Trinajstić information content (AvgIpc) is 2.52. The van der Waals surface area contributed by atoms with Crippen LogP contribution in [0.2, 0.25) is 0 Å². The molecule has 0 amide bonds. The second-order valence-corrected chi connectivity index (χ2v) is 5.21. The minimum Gasteiger partial charge on any atom is -0.388 e. The van der Waals surface area contributed by atoms with Gasteiger partial charge in [0.25, 0.3) is 0 Å². The number of guanidine groups is 1. The van der Waals surface area contributed by atoms with Crippen molar-refractivity contribution in [3.8, 4) is 0 Å². The standard InChI is InChI=1S/C15H24N4O2/c1-2-16-14(18-11-13-5-3-4-8-17-13)19-12-15(20)6-9-21-10-7-15/h3-5,8,20H,2,6-7,9-12H2,1H3,(H2,16,18,19). The van der Waals surface area contributed by atoms with Crippen molar-refractivity contribution in [1.29, 1.82) is 0 Å². The lowest BCUT2D eigenvalue weighted by atomic mass is 9.94. The normalized spacial score (nSPS) is 18.3. The maximum Gasteiger partial charge on any atom is 0.191 e. The summed E-state index contributed by atoms with van der Waals surface area (Å²) in [5, 5.41) is 16.8. The molecule has 0 bridgehead atoms. The Hall–Kier alpha value is -1.66. The maximum absolute atomic E-state index is 10.4. The predicted octanol–water partition coefficient (Wildman–Crippen LogP) is 0.678. The van der Waals surface area contributed by atoms with E-state index in [0.717, 1.165) is 12.2 Å². The van der Waals surface area contributed by atoms with Crippen molar-refractivity contribution >= 4 is 5.96 Å². The molecule has 0 radical (unpaired) electrons. The lowest BCUT2D eigenvalue weighted by Gasteiger charge is -2.32. The molecule has 1 aromatic rings. The molecule has 116 valence electrons. The van der Waals surface area contributed by atoms with E-state index in [1.807, 2.05) is 25.1 Å². The molecule has 1 aromatic heterocycles. The second-order valence-electron chi connectivity index (χ2n) is 5.21. The van der Waals surface area contributed by atoms with Gasteiger partial charge < -0.3 is 20.5 Å². The fourth-order valence-corrected chi connectivity index (χ4v) is 2.17. The van der Waals surface area contributed by atoms with Gasteiger partial charge >= 0.3 is 0 Å². The van der Waals surface area contributed by atoms with Crippen LogP contribution in [0.1, 0.15) is 25.5 Å². The van der Waals surface area contributed by atoms with Gasteiger partial charge in [-0.15, -0.1) is 0 Å². The van der Waals surface area contributed by atoms with Crippen LogP contribution in [0.15, 0.2) is 29.4 Å². The average molecular weight is 292 g/mol. The van der Waals surface area contributed by atoms with E-state index in [1.165, 1.54) is 0 Å². The summed E-state index contributed by atoms with van der Waals surface area (Å²) in [6.45, 7) is 5.00. The van der Waals surface area contributed by atoms with Crippen LogP contribution < -0.4 is 10.6 Å². The number of hydrogen-bond acceptors (Lipinski definition) is 4. The molecule has 6 nitrogen and oxygen atoms in total. The molecule has 0 aromatic carbocycles. The van der Waals surface area contributed by atoms with Crippen molar-refractivity contribution in [2.75, 3.05) is 26.3 Å². The number of nitrogens with one attached hydrogen (secondary N) is 2.